The van der Waals surface area contributed by atoms with Crippen molar-refractivity contribution in [1.29, 1.82) is 0 Å². The summed E-state index contributed by atoms with van der Waals surface area (Å²) in [5, 5.41) is 7.93. The lowest BCUT2D eigenvalue weighted by Crippen LogP contribution is -2.31. The minimum absolute atomic E-state index is 0.653. The van der Waals surface area contributed by atoms with Gasteiger partial charge in [-0.15, -0.1) is 5.10 Å². The van der Waals surface area contributed by atoms with E-state index in [0.717, 1.165) is 25.3 Å². The largest absolute Gasteiger partial charge is 0.354 e. The van der Waals surface area contributed by atoms with Gasteiger partial charge in [0, 0.05) is 25.8 Å². The maximum atomic E-state index is 5.55. The molecule has 0 aliphatic heterocycles. The summed E-state index contributed by atoms with van der Waals surface area (Å²) in [6, 6.07) is 3.87. The van der Waals surface area contributed by atoms with Gasteiger partial charge < -0.3 is 10.6 Å². The Morgan fingerprint density at radius 1 is 1.43 bits per heavy atom. The van der Waals surface area contributed by atoms with Crippen LogP contribution in [0.2, 0.25) is 0 Å². The molecule has 4 heteroatoms. The molecule has 0 aromatic carbocycles. The lowest BCUT2D eigenvalue weighted by Gasteiger charge is -2.21. The summed E-state index contributed by atoms with van der Waals surface area (Å²) in [5.74, 6) is 0.923. The Morgan fingerprint density at radius 2 is 2.29 bits per heavy atom. The van der Waals surface area contributed by atoms with Crippen LogP contribution in [0.3, 0.4) is 0 Å². The summed E-state index contributed by atoms with van der Waals surface area (Å²) in [6.07, 6.45) is 4.03. The monoisotopic (exact) mass is 194 g/mol. The van der Waals surface area contributed by atoms with Crippen molar-refractivity contribution >= 4 is 5.82 Å². The number of aromatic nitrogens is 2. The van der Waals surface area contributed by atoms with Crippen molar-refractivity contribution in [1.82, 2.24) is 10.2 Å². The second-order valence-corrected chi connectivity index (χ2v) is 3.21. The number of nitrogens with zero attached hydrogens (tertiary/aromatic N) is 3. The molecule has 4 nitrogen and oxygen atoms in total. The van der Waals surface area contributed by atoms with Gasteiger partial charge in [-0.1, -0.05) is 13.3 Å². The third-order valence-corrected chi connectivity index (χ3v) is 2.06. The lowest BCUT2D eigenvalue weighted by atomic mass is 10.3. The van der Waals surface area contributed by atoms with E-state index in [2.05, 4.69) is 22.0 Å². The summed E-state index contributed by atoms with van der Waals surface area (Å²) in [6.45, 7) is 4.68. The van der Waals surface area contributed by atoms with Crippen LogP contribution in [0, 0.1) is 0 Å². The molecule has 2 N–H and O–H groups in total. The molecule has 0 aliphatic rings. The molecule has 0 aliphatic carbocycles. The number of unbranched alkanes of at least 4 members (excludes halogenated alkanes) is 1. The number of rotatable bonds is 6. The first-order valence-corrected chi connectivity index (χ1v) is 5.11. The van der Waals surface area contributed by atoms with Crippen molar-refractivity contribution < 1.29 is 0 Å². The van der Waals surface area contributed by atoms with E-state index in [9.17, 15) is 0 Å². The first kappa shape index (κ1) is 10.9. The van der Waals surface area contributed by atoms with Crippen LogP contribution in [0.25, 0.3) is 0 Å². The van der Waals surface area contributed by atoms with Crippen molar-refractivity contribution in [3.05, 3.63) is 18.3 Å². The highest BCUT2D eigenvalue weighted by Crippen LogP contribution is 2.08. The summed E-state index contributed by atoms with van der Waals surface area (Å²) < 4.78 is 0. The van der Waals surface area contributed by atoms with Crippen molar-refractivity contribution in [3.8, 4) is 0 Å². The van der Waals surface area contributed by atoms with Gasteiger partial charge in [0.15, 0.2) is 5.82 Å². The minimum atomic E-state index is 0.653. The van der Waals surface area contributed by atoms with Gasteiger partial charge in [0.05, 0.1) is 0 Å². The predicted molar refractivity (Wildman–Crippen MR) is 58.2 cm³/mol. The van der Waals surface area contributed by atoms with Gasteiger partial charge in [0.1, 0.15) is 0 Å². The van der Waals surface area contributed by atoms with Gasteiger partial charge in [-0.3, -0.25) is 0 Å². The molecule has 0 spiro atoms. The van der Waals surface area contributed by atoms with Gasteiger partial charge in [0.25, 0.3) is 0 Å². The molecule has 0 unspecified atom stereocenters. The SMILES string of the molecule is CCCCN(CCN)c1cccnn1. The van der Waals surface area contributed by atoms with Crippen LogP contribution in [-0.4, -0.2) is 29.8 Å². The average molecular weight is 194 g/mol. The number of hydrogen-bond donors (Lipinski definition) is 1. The molecule has 0 saturated carbocycles. The molecule has 1 rings (SSSR count). The van der Waals surface area contributed by atoms with E-state index < -0.39 is 0 Å². The Bertz CT molecular complexity index is 237. The second-order valence-electron chi connectivity index (χ2n) is 3.21. The molecule has 0 saturated heterocycles. The first-order valence-electron chi connectivity index (χ1n) is 5.11. The Morgan fingerprint density at radius 3 is 2.86 bits per heavy atom. The zero-order valence-electron chi connectivity index (χ0n) is 8.69. The molecular weight excluding hydrogens is 176 g/mol. The molecule has 0 fully saturated rings. The third kappa shape index (κ3) is 3.30. The normalized spacial score (nSPS) is 10.1. The molecular formula is C10H18N4. The minimum Gasteiger partial charge on any atom is -0.354 e. The zero-order valence-corrected chi connectivity index (χ0v) is 8.69. The number of nitrogens with two attached hydrogens (primary N) is 1. The van der Waals surface area contributed by atoms with Gasteiger partial charge in [-0.25, -0.2) is 0 Å². The van der Waals surface area contributed by atoms with Crippen molar-refractivity contribution in [2.24, 2.45) is 5.73 Å². The predicted octanol–water partition coefficient (Wildman–Crippen LogP) is 1.04. The van der Waals surface area contributed by atoms with Gasteiger partial charge >= 0.3 is 0 Å². The second kappa shape index (κ2) is 6.32. The quantitative estimate of drug-likeness (QED) is 0.735. The molecule has 1 heterocycles. The van der Waals surface area contributed by atoms with E-state index in [1.165, 1.54) is 6.42 Å². The maximum Gasteiger partial charge on any atom is 0.151 e. The van der Waals surface area contributed by atoms with Crippen LogP contribution in [0.1, 0.15) is 19.8 Å². The fourth-order valence-electron chi connectivity index (χ4n) is 1.31. The molecule has 0 bridgehead atoms. The van der Waals surface area contributed by atoms with Crippen LogP contribution in [0.5, 0.6) is 0 Å². The van der Waals surface area contributed by atoms with Crippen LogP contribution < -0.4 is 10.6 Å². The number of hydrogen-bond acceptors (Lipinski definition) is 4. The molecule has 1 aromatic rings. The average Bonchev–Trinajstić information content (AvgIpc) is 2.25. The van der Waals surface area contributed by atoms with Gasteiger partial charge in [0.2, 0.25) is 0 Å². The van der Waals surface area contributed by atoms with Crippen LogP contribution in [-0.2, 0) is 0 Å². The number of anilines is 1. The lowest BCUT2D eigenvalue weighted by molar-refractivity contribution is 0.702. The fourth-order valence-corrected chi connectivity index (χ4v) is 1.31. The van der Waals surface area contributed by atoms with E-state index in [1.807, 2.05) is 12.1 Å². The van der Waals surface area contributed by atoms with Crippen molar-refractivity contribution in [3.63, 3.8) is 0 Å². The maximum absolute atomic E-state index is 5.55. The van der Waals surface area contributed by atoms with Crippen LogP contribution in [0.15, 0.2) is 18.3 Å². The summed E-state index contributed by atoms with van der Waals surface area (Å²) in [7, 11) is 0. The Balaban J connectivity index is 2.58. The Kier molecular flexibility index (Phi) is 4.93. The smallest absolute Gasteiger partial charge is 0.151 e. The van der Waals surface area contributed by atoms with E-state index in [-0.39, 0.29) is 0 Å². The summed E-state index contributed by atoms with van der Waals surface area (Å²) in [4.78, 5) is 2.18. The summed E-state index contributed by atoms with van der Waals surface area (Å²) in [5.41, 5.74) is 5.55. The first-order chi connectivity index (χ1) is 6.88. The zero-order chi connectivity index (χ0) is 10.2. The highest BCUT2D eigenvalue weighted by atomic mass is 15.3. The molecule has 1 aromatic heterocycles. The van der Waals surface area contributed by atoms with Crippen LogP contribution in [0.4, 0.5) is 5.82 Å². The van der Waals surface area contributed by atoms with E-state index >= 15 is 0 Å². The standard InChI is InChI=1S/C10H18N4/c1-2-3-8-14(9-6-11)10-5-4-7-12-13-10/h4-5,7H,2-3,6,8-9,11H2,1H3. The van der Waals surface area contributed by atoms with Crippen molar-refractivity contribution in [2.45, 2.75) is 19.8 Å². The van der Waals surface area contributed by atoms with E-state index in [0.29, 0.717) is 6.54 Å². The molecule has 14 heavy (non-hydrogen) atoms. The Labute approximate surface area is 85.1 Å². The Hall–Kier alpha value is -1.16. The molecule has 0 radical (unpaired) electrons. The van der Waals surface area contributed by atoms with Gasteiger partial charge in [-0.05, 0) is 18.6 Å². The molecule has 0 amide bonds. The fraction of sp³-hybridized carbons (Fsp3) is 0.600. The highest BCUT2D eigenvalue weighted by Gasteiger charge is 2.05. The molecule has 78 valence electrons. The topological polar surface area (TPSA) is 55.0 Å². The third-order valence-electron chi connectivity index (χ3n) is 2.06. The van der Waals surface area contributed by atoms with E-state index in [4.69, 9.17) is 5.73 Å². The van der Waals surface area contributed by atoms with E-state index in [1.54, 1.807) is 6.20 Å². The van der Waals surface area contributed by atoms with Crippen molar-refractivity contribution in [2.75, 3.05) is 24.5 Å². The highest BCUT2D eigenvalue weighted by molar-refractivity contribution is 5.35. The molecule has 0 atom stereocenters. The summed E-state index contributed by atoms with van der Waals surface area (Å²) >= 11 is 0. The van der Waals surface area contributed by atoms with Gasteiger partial charge in [-0.2, -0.15) is 5.10 Å². The van der Waals surface area contributed by atoms with Crippen LogP contribution >= 0.6 is 0 Å².